The van der Waals surface area contributed by atoms with Crippen LogP contribution in [0.5, 0.6) is 0 Å². The molecule has 4 heteroatoms. The van der Waals surface area contributed by atoms with E-state index in [1.807, 2.05) is 24.3 Å². The highest BCUT2D eigenvalue weighted by atomic mass is 15.0. The lowest BCUT2D eigenvalue weighted by molar-refractivity contribution is 0.892. The number of fused-ring (bicyclic) bond motifs is 9. The fourth-order valence-electron chi connectivity index (χ4n) is 8.79. The number of para-hydroxylation sites is 2. The molecule has 274 valence electrons. The number of benzene rings is 9. The number of nitrogens with zero attached hydrogens (tertiary/aromatic N) is 3. The van der Waals surface area contributed by atoms with Gasteiger partial charge in [-0.15, -0.1) is 0 Å². The molecular formula is C54H38N4. The maximum atomic E-state index is 5.35. The fourth-order valence-corrected chi connectivity index (χ4v) is 8.79. The van der Waals surface area contributed by atoms with Crippen molar-refractivity contribution in [2.75, 3.05) is 6.54 Å². The lowest BCUT2D eigenvalue weighted by Crippen LogP contribution is -2.26. The molecule has 2 heterocycles. The molecule has 1 aliphatic heterocycles. The first kappa shape index (κ1) is 33.8. The van der Waals surface area contributed by atoms with E-state index in [2.05, 4.69) is 186 Å². The molecular weight excluding hydrogens is 705 g/mol. The molecule has 0 radical (unpaired) electrons. The standard InChI is InChI=1S/C54H38N4/c1-4-16-36(17-5-1)49-27-15-33-55-53(57-54(56-49)37-18-6-2-7-19-37)39-30-31-44-42-22-10-11-23-43(42)47-26-14-25-41(52(47)48(44)34-39)38-29-32-46-45-24-12-13-28-50(45)58(51(46)35-38)40-20-8-3-9-21-40/h1-14,16-32,34-35H,15,33H2,(H,55,56,57). The van der Waals surface area contributed by atoms with Crippen LogP contribution in [0.4, 0.5) is 0 Å². The van der Waals surface area contributed by atoms with Gasteiger partial charge in [-0.25, -0.2) is 9.98 Å². The van der Waals surface area contributed by atoms with Gasteiger partial charge in [0, 0.05) is 34.1 Å². The topological polar surface area (TPSA) is 41.7 Å². The third-order valence-electron chi connectivity index (χ3n) is 11.5. The Kier molecular flexibility index (Phi) is 8.25. The van der Waals surface area contributed by atoms with Crippen LogP contribution in [0.15, 0.2) is 210 Å². The van der Waals surface area contributed by atoms with Crippen molar-refractivity contribution in [2.45, 2.75) is 6.42 Å². The van der Waals surface area contributed by atoms with Gasteiger partial charge in [-0.3, -0.25) is 0 Å². The van der Waals surface area contributed by atoms with Gasteiger partial charge in [-0.1, -0.05) is 170 Å². The Morgan fingerprint density at radius 2 is 1.02 bits per heavy atom. The highest BCUT2D eigenvalue weighted by Gasteiger charge is 2.19. The Balaban J connectivity index is 1.15. The predicted octanol–water partition coefficient (Wildman–Crippen LogP) is 13.1. The quantitative estimate of drug-likeness (QED) is 0.175. The zero-order valence-corrected chi connectivity index (χ0v) is 31.8. The minimum atomic E-state index is 0.673. The minimum Gasteiger partial charge on any atom is -0.369 e. The number of aliphatic imine (C=N–C) groups is 2. The number of rotatable bonds is 5. The molecule has 9 aromatic carbocycles. The van der Waals surface area contributed by atoms with E-state index in [-0.39, 0.29) is 0 Å². The van der Waals surface area contributed by atoms with E-state index < -0.39 is 0 Å². The number of hydrogen-bond donors (Lipinski definition) is 1. The van der Waals surface area contributed by atoms with Gasteiger partial charge in [-0.2, -0.15) is 0 Å². The first-order valence-electron chi connectivity index (χ1n) is 20.0. The Labute approximate surface area is 336 Å². The zero-order chi connectivity index (χ0) is 38.4. The van der Waals surface area contributed by atoms with Crippen LogP contribution in [0.2, 0.25) is 0 Å². The van der Waals surface area contributed by atoms with Crippen LogP contribution in [-0.4, -0.2) is 22.8 Å². The molecule has 1 aromatic heterocycles. The molecule has 1 N–H and O–H groups in total. The van der Waals surface area contributed by atoms with Gasteiger partial charge in [0.15, 0.2) is 5.84 Å². The number of amidine groups is 2. The normalized spacial score (nSPS) is 13.5. The van der Waals surface area contributed by atoms with Crippen LogP contribution in [0, 0.1) is 0 Å². The van der Waals surface area contributed by atoms with Gasteiger partial charge in [0.25, 0.3) is 0 Å². The first-order chi connectivity index (χ1) is 28.8. The van der Waals surface area contributed by atoms with E-state index in [1.165, 1.54) is 65.3 Å². The zero-order valence-electron chi connectivity index (χ0n) is 31.8. The van der Waals surface area contributed by atoms with Gasteiger partial charge >= 0.3 is 0 Å². The Hall–Kier alpha value is -7.56. The summed E-state index contributed by atoms with van der Waals surface area (Å²) in [6.07, 6.45) is 3.02. The highest BCUT2D eigenvalue weighted by Crippen LogP contribution is 2.42. The summed E-state index contributed by atoms with van der Waals surface area (Å²) in [7, 11) is 0. The molecule has 0 amide bonds. The summed E-state index contributed by atoms with van der Waals surface area (Å²) < 4.78 is 2.40. The lowest BCUT2D eigenvalue weighted by atomic mass is 9.88. The van der Waals surface area contributed by atoms with Crippen LogP contribution in [0.3, 0.4) is 0 Å². The molecule has 11 rings (SSSR count). The summed E-state index contributed by atoms with van der Waals surface area (Å²) in [4.78, 5) is 10.6. The number of hydrogen-bond acceptors (Lipinski definition) is 3. The van der Waals surface area contributed by atoms with Gasteiger partial charge in [0.1, 0.15) is 5.84 Å². The molecule has 1 aliphatic rings. The fraction of sp³-hybridized carbons (Fsp3) is 0.0370. The molecule has 0 saturated carbocycles. The maximum Gasteiger partial charge on any atom is 0.162 e. The maximum absolute atomic E-state index is 5.35. The van der Waals surface area contributed by atoms with Crippen molar-refractivity contribution < 1.29 is 0 Å². The molecule has 10 aromatic rings. The van der Waals surface area contributed by atoms with Gasteiger partial charge in [0.05, 0.1) is 16.7 Å². The molecule has 0 spiro atoms. The van der Waals surface area contributed by atoms with Crippen molar-refractivity contribution >= 4 is 71.5 Å². The molecule has 0 aliphatic carbocycles. The summed E-state index contributed by atoms with van der Waals surface area (Å²) in [5.41, 5.74) is 9.90. The molecule has 0 fully saturated rings. The van der Waals surface area contributed by atoms with Crippen molar-refractivity contribution in [2.24, 2.45) is 9.98 Å². The average molecular weight is 743 g/mol. The number of aromatic nitrogens is 1. The van der Waals surface area contributed by atoms with E-state index in [0.29, 0.717) is 5.84 Å². The lowest BCUT2D eigenvalue weighted by Gasteiger charge is -2.17. The molecule has 0 unspecified atom stereocenters. The first-order valence-corrected chi connectivity index (χ1v) is 20.0. The van der Waals surface area contributed by atoms with Crippen molar-refractivity contribution in [3.63, 3.8) is 0 Å². The van der Waals surface area contributed by atoms with E-state index in [4.69, 9.17) is 9.98 Å². The summed E-state index contributed by atoms with van der Waals surface area (Å²) >= 11 is 0. The summed E-state index contributed by atoms with van der Waals surface area (Å²) in [6.45, 7) is 0.726. The Morgan fingerprint density at radius 1 is 0.414 bits per heavy atom. The third-order valence-corrected chi connectivity index (χ3v) is 11.5. The van der Waals surface area contributed by atoms with Crippen LogP contribution < -0.4 is 5.32 Å². The minimum absolute atomic E-state index is 0.673. The molecule has 58 heavy (non-hydrogen) atoms. The monoisotopic (exact) mass is 742 g/mol. The van der Waals surface area contributed by atoms with Crippen LogP contribution in [0.25, 0.3) is 76.6 Å². The van der Waals surface area contributed by atoms with E-state index in [0.717, 1.165) is 46.9 Å². The van der Waals surface area contributed by atoms with Gasteiger partial charge in [-0.05, 0) is 85.8 Å². The second-order valence-corrected chi connectivity index (χ2v) is 14.9. The van der Waals surface area contributed by atoms with Crippen molar-refractivity contribution in [3.8, 4) is 16.8 Å². The summed E-state index contributed by atoms with van der Waals surface area (Å²) in [6, 6.07) is 69.5. The number of nitrogens with one attached hydrogen (secondary N) is 1. The Morgan fingerprint density at radius 3 is 1.81 bits per heavy atom. The predicted molar refractivity (Wildman–Crippen MR) is 245 cm³/mol. The van der Waals surface area contributed by atoms with E-state index >= 15 is 0 Å². The van der Waals surface area contributed by atoms with Gasteiger partial charge in [0.2, 0.25) is 0 Å². The van der Waals surface area contributed by atoms with Crippen molar-refractivity contribution in [1.29, 1.82) is 0 Å². The second-order valence-electron chi connectivity index (χ2n) is 14.9. The van der Waals surface area contributed by atoms with E-state index in [1.54, 1.807) is 0 Å². The molecule has 0 atom stereocenters. The molecule has 0 saturated heterocycles. The molecule has 0 bridgehead atoms. The molecule has 4 nitrogen and oxygen atoms in total. The Bertz CT molecular complexity index is 3280. The largest absolute Gasteiger partial charge is 0.369 e. The highest BCUT2D eigenvalue weighted by molar-refractivity contribution is 6.29. The third kappa shape index (κ3) is 5.77. The van der Waals surface area contributed by atoms with E-state index in [9.17, 15) is 0 Å². The SMILES string of the molecule is C1=C(c2ccccc2)N=C(c2ccccc2)N=C(c2ccc3c4ccccc4c4cccc(-c5ccc6c7ccccc7n(-c7ccccc7)c6c5)c4c3c2)NCC1. The second kappa shape index (κ2) is 14.2. The van der Waals surface area contributed by atoms with Gasteiger partial charge < -0.3 is 9.88 Å². The van der Waals surface area contributed by atoms with Crippen LogP contribution in [0.1, 0.15) is 23.1 Å². The van der Waals surface area contributed by atoms with Crippen LogP contribution in [-0.2, 0) is 0 Å². The van der Waals surface area contributed by atoms with Crippen molar-refractivity contribution in [3.05, 3.63) is 217 Å². The average Bonchev–Trinajstić information content (AvgIpc) is 3.68. The van der Waals surface area contributed by atoms with Crippen LogP contribution >= 0.6 is 0 Å². The van der Waals surface area contributed by atoms with Crippen molar-refractivity contribution in [1.82, 2.24) is 9.88 Å². The smallest absolute Gasteiger partial charge is 0.162 e. The summed E-state index contributed by atoms with van der Waals surface area (Å²) in [5.74, 6) is 1.48. The summed E-state index contributed by atoms with van der Waals surface area (Å²) in [5, 5.41) is 13.6.